The molecular formula is C14H19FN2O3S. The van der Waals surface area contributed by atoms with Crippen LogP contribution in [-0.2, 0) is 10.0 Å². The highest BCUT2D eigenvalue weighted by Crippen LogP contribution is 2.19. The summed E-state index contributed by atoms with van der Waals surface area (Å²) >= 11 is 0. The van der Waals surface area contributed by atoms with Crippen LogP contribution < -0.4 is 0 Å². The van der Waals surface area contributed by atoms with Gasteiger partial charge in [0, 0.05) is 25.7 Å². The lowest BCUT2D eigenvalue weighted by Gasteiger charge is -2.20. The molecule has 0 atom stereocenters. The Morgan fingerprint density at radius 3 is 2.48 bits per heavy atom. The molecule has 1 rings (SSSR count). The summed E-state index contributed by atoms with van der Waals surface area (Å²) in [4.78, 5) is 1.80. The molecule has 7 heteroatoms. The van der Waals surface area contributed by atoms with E-state index < -0.39 is 22.4 Å². The summed E-state index contributed by atoms with van der Waals surface area (Å²) in [6.45, 7) is 0.445. The van der Waals surface area contributed by atoms with Gasteiger partial charge in [-0.2, -0.15) is 4.31 Å². The Hall–Kier alpha value is -1.46. The Bertz CT molecular complexity index is 648. The zero-order valence-corrected chi connectivity index (χ0v) is 13.1. The van der Waals surface area contributed by atoms with E-state index in [1.165, 1.54) is 17.4 Å². The topological polar surface area (TPSA) is 60.9 Å². The van der Waals surface area contributed by atoms with Crippen LogP contribution in [0, 0.1) is 17.7 Å². The van der Waals surface area contributed by atoms with Crippen LogP contribution in [0.4, 0.5) is 4.39 Å². The van der Waals surface area contributed by atoms with E-state index in [1.807, 2.05) is 19.0 Å². The van der Waals surface area contributed by atoms with E-state index >= 15 is 0 Å². The van der Waals surface area contributed by atoms with Crippen molar-refractivity contribution >= 4 is 10.0 Å². The van der Waals surface area contributed by atoms with Crippen molar-refractivity contribution in [1.29, 1.82) is 0 Å². The zero-order valence-electron chi connectivity index (χ0n) is 12.3. The molecule has 116 valence electrons. The summed E-state index contributed by atoms with van der Waals surface area (Å²) in [6, 6.07) is 3.32. The fourth-order valence-electron chi connectivity index (χ4n) is 1.59. The molecule has 0 radical (unpaired) electrons. The number of aliphatic hydroxyl groups is 1. The van der Waals surface area contributed by atoms with Crippen LogP contribution in [0.25, 0.3) is 0 Å². The Labute approximate surface area is 125 Å². The van der Waals surface area contributed by atoms with E-state index in [9.17, 15) is 12.8 Å². The number of likely N-dealkylation sites (N-methyl/N-ethyl adjacent to an activating group) is 2. The standard InChI is InChI=1S/C14H19FN2O3S/c1-16(2)8-9-17(3)21(19,20)14-7-6-13(15)11-12(14)5-4-10-18/h6-7,11,18H,8-10H2,1-3H3. The largest absolute Gasteiger partial charge is 0.384 e. The molecule has 0 saturated heterocycles. The molecule has 0 aliphatic rings. The summed E-state index contributed by atoms with van der Waals surface area (Å²) < 4.78 is 39.5. The Kier molecular flexibility index (Phi) is 6.30. The molecule has 21 heavy (non-hydrogen) atoms. The summed E-state index contributed by atoms with van der Waals surface area (Å²) in [5.74, 6) is 4.24. The van der Waals surface area contributed by atoms with Crippen molar-refractivity contribution in [3.05, 3.63) is 29.6 Å². The van der Waals surface area contributed by atoms with Gasteiger partial charge in [0.25, 0.3) is 0 Å². The van der Waals surface area contributed by atoms with Crippen LogP contribution >= 0.6 is 0 Å². The molecule has 0 amide bonds. The number of rotatable bonds is 5. The van der Waals surface area contributed by atoms with Crippen molar-refractivity contribution in [3.8, 4) is 11.8 Å². The molecule has 0 unspecified atom stereocenters. The Balaban J connectivity index is 3.18. The van der Waals surface area contributed by atoms with Crippen molar-refractivity contribution < 1.29 is 17.9 Å². The molecule has 0 bridgehead atoms. The lowest BCUT2D eigenvalue weighted by molar-refractivity contribution is 0.350. The van der Waals surface area contributed by atoms with Crippen molar-refractivity contribution in [3.63, 3.8) is 0 Å². The van der Waals surface area contributed by atoms with Crippen molar-refractivity contribution in [1.82, 2.24) is 9.21 Å². The molecule has 0 aliphatic carbocycles. The second kappa shape index (κ2) is 7.52. The highest BCUT2D eigenvalue weighted by molar-refractivity contribution is 7.89. The van der Waals surface area contributed by atoms with Crippen LogP contribution in [0.1, 0.15) is 5.56 Å². The van der Waals surface area contributed by atoms with E-state index in [1.54, 1.807) is 0 Å². The molecule has 1 aromatic rings. The number of hydrogen-bond donors (Lipinski definition) is 1. The number of aliphatic hydroxyl groups excluding tert-OH is 1. The van der Waals surface area contributed by atoms with E-state index in [4.69, 9.17) is 5.11 Å². The van der Waals surface area contributed by atoms with Crippen molar-refractivity contribution in [2.24, 2.45) is 0 Å². The highest BCUT2D eigenvalue weighted by Gasteiger charge is 2.23. The molecule has 0 aliphatic heterocycles. The van der Waals surface area contributed by atoms with Crippen molar-refractivity contribution in [2.75, 3.05) is 40.8 Å². The third-order valence-corrected chi connectivity index (χ3v) is 4.71. The van der Waals surface area contributed by atoms with Crippen LogP contribution in [-0.4, -0.2) is 63.6 Å². The summed E-state index contributed by atoms with van der Waals surface area (Å²) in [6.07, 6.45) is 0. The smallest absolute Gasteiger partial charge is 0.244 e. The number of hydrogen-bond acceptors (Lipinski definition) is 4. The van der Waals surface area contributed by atoms with Crippen LogP contribution in [0.3, 0.4) is 0 Å². The van der Waals surface area contributed by atoms with Gasteiger partial charge in [0.1, 0.15) is 12.4 Å². The van der Waals surface area contributed by atoms with Gasteiger partial charge in [-0.1, -0.05) is 11.8 Å². The predicted molar refractivity (Wildman–Crippen MR) is 78.7 cm³/mol. The minimum atomic E-state index is -3.76. The first-order valence-corrected chi connectivity index (χ1v) is 7.73. The first-order chi connectivity index (χ1) is 9.78. The van der Waals surface area contributed by atoms with E-state index in [0.717, 1.165) is 12.1 Å². The number of halogens is 1. The fraction of sp³-hybridized carbons (Fsp3) is 0.429. The molecule has 5 nitrogen and oxygen atoms in total. The SMILES string of the molecule is CN(C)CCN(C)S(=O)(=O)c1ccc(F)cc1C#CCO. The van der Waals surface area contributed by atoms with Gasteiger partial charge in [-0.25, -0.2) is 12.8 Å². The Morgan fingerprint density at radius 1 is 1.24 bits per heavy atom. The quantitative estimate of drug-likeness (QED) is 0.797. The maximum absolute atomic E-state index is 13.3. The normalized spacial score (nSPS) is 11.6. The average Bonchev–Trinajstić information content (AvgIpc) is 2.42. The van der Waals surface area contributed by atoms with Gasteiger partial charge in [-0.3, -0.25) is 0 Å². The maximum atomic E-state index is 13.3. The third kappa shape index (κ3) is 4.79. The van der Waals surface area contributed by atoms with Gasteiger partial charge in [0.05, 0.1) is 4.90 Å². The lowest BCUT2D eigenvalue weighted by Crippen LogP contribution is -2.33. The molecule has 0 fully saturated rings. The highest BCUT2D eigenvalue weighted by atomic mass is 32.2. The van der Waals surface area contributed by atoms with Gasteiger partial charge in [0.15, 0.2) is 0 Å². The minimum absolute atomic E-state index is 0.0424. The van der Waals surface area contributed by atoms with E-state index in [0.29, 0.717) is 13.1 Å². The predicted octanol–water partition coefficient (Wildman–Crippen LogP) is 0.352. The molecule has 0 heterocycles. The van der Waals surface area contributed by atoms with E-state index in [-0.39, 0.29) is 10.5 Å². The third-order valence-electron chi connectivity index (χ3n) is 2.79. The minimum Gasteiger partial charge on any atom is -0.384 e. The monoisotopic (exact) mass is 314 g/mol. The summed E-state index contributed by atoms with van der Waals surface area (Å²) in [5.41, 5.74) is 0.0424. The maximum Gasteiger partial charge on any atom is 0.244 e. The summed E-state index contributed by atoms with van der Waals surface area (Å²) in [7, 11) is 1.39. The number of sulfonamides is 1. The average molecular weight is 314 g/mol. The van der Waals surface area contributed by atoms with Gasteiger partial charge in [-0.05, 0) is 32.3 Å². The number of nitrogens with zero attached hydrogens (tertiary/aromatic N) is 2. The molecule has 1 aromatic carbocycles. The number of benzene rings is 1. The van der Waals surface area contributed by atoms with Crippen molar-refractivity contribution in [2.45, 2.75) is 4.90 Å². The molecular weight excluding hydrogens is 295 g/mol. The van der Waals surface area contributed by atoms with Crippen LogP contribution in [0.15, 0.2) is 23.1 Å². The van der Waals surface area contributed by atoms with Gasteiger partial charge < -0.3 is 10.0 Å². The molecule has 0 saturated carbocycles. The fourth-order valence-corrected chi connectivity index (χ4v) is 2.87. The van der Waals surface area contributed by atoms with E-state index in [2.05, 4.69) is 11.8 Å². The molecule has 1 N–H and O–H groups in total. The second-order valence-electron chi connectivity index (χ2n) is 4.73. The molecule has 0 spiro atoms. The summed E-state index contributed by atoms with van der Waals surface area (Å²) in [5, 5.41) is 8.71. The van der Waals surface area contributed by atoms with Gasteiger partial charge in [0.2, 0.25) is 10.0 Å². The van der Waals surface area contributed by atoms with Gasteiger partial charge >= 0.3 is 0 Å². The second-order valence-corrected chi connectivity index (χ2v) is 6.74. The molecule has 0 aromatic heterocycles. The Morgan fingerprint density at radius 2 is 1.90 bits per heavy atom. The first kappa shape index (κ1) is 17.6. The lowest BCUT2D eigenvalue weighted by atomic mass is 10.2. The van der Waals surface area contributed by atoms with Crippen LogP contribution in [0.2, 0.25) is 0 Å². The van der Waals surface area contributed by atoms with Crippen LogP contribution in [0.5, 0.6) is 0 Å². The zero-order chi connectivity index (χ0) is 16.0. The first-order valence-electron chi connectivity index (χ1n) is 6.29. The van der Waals surface area contributed by atoms with Gasteiger partial charge in [-0.15, -0.1) is 0 Å².